The van der Waals surface area contributed by atoms with Crippen LogP contribution in [-0.4, -0.2) is 39.4 Å². The largest absolute Gasteiger partial charge is 0.454 e. The number of rotatable bonds is 4. The number of fused-ring (bicyclic) bond motifs is 1. The van der Waals surface area contributed by atoms with Crippen LogP contribution in [0, 0.1) is 0 Å². The SMILES string of the molecule is CCn1cncc1CN1CCC(O)(c2ccc3c(c2)OCO3)CC1. The number of nitrogens with zero attached hydrogens (tertiary/aromatic N) is 3. The Bertz CT molecular complexity index is 720. The maximum Gasteiger partial charge on any atom is 0.231 e. The summed E-state index contributed by atoms with van der Waals surface area (Å²) in [5, 5.41) is 11.1. The van der Waals surface area contributed by atoms with E-state index in [9.17, 15) is 5.11 Å². The first-order valence-corrected chi connectivity index (χ1v) is 8.52. The third-order valence-electron chi connectivity index (χ3n) is 5.12. The molecule has 1 aromatic heterocycles. The second kappa shape index (κ2) is 6.11. The van der Waals surface area contributed by atoms with E-state index in [0.717, 1.165) is 43.2 Å². The quantitative estimate of drug-likeness (QED) is 0.931. The van der Waals surface area contributed by atoms with E-state index in [4.69, 9.17) is 9.47 Å². The Morgan fingerprint density at radius 3 is 2.79 bits per heavy atom. The standard InChI is InChI=1S/C18H23N3O3/c1-2-21-12-19-10-15(21)11-20-7-5-18(22,6-8-20)14-3-4-16-17(9-14)24-13-23-16/h3-4,9-10,12,22H,2,5-8,11,13H2,1H3. The van der Waals surface area contributed by atoms with Crippen molar-refractivity contribution in [3.63, 3.8) is 0 Å². The fourth-order valence-corrected chi connectivity index (χ4v) is 3.55. The van der Waals surface area contributed by atoms with Gasteiger partial charge in [0, 0.05) is 32.4 Å². The molecule has 0 saturated carbocycles. The van der Waals surface area contributed by atoms with E-state index >= 15 is 0 Å². The number of aryl methyl sites for hydroxylation is 1. The van der Waals surface area contributed by atoms with Gasteiger partial charge in [0.2, 0.25) is 6.79 Å². The van der Waals surface area contributed by atoms with Crippen LogP contribution in [0.25, 0.3) is 0 Å². The van der Waals surface area contributed by atoms with E-state index in [0.29, 0.717) is 12.8 Å². The Hall–Kier alpha value is -2.05. The molecular weight excluding hydrogens is 306 g/mol. The fraction of sp³-hybridized carbons (Fsp3) is 0.500. The molecular formula is C18H23N3O3. The number of aromatic nitrogens is 2. The van der Waals surface area contributed by atoms with Gasteiger partial charge in [-0.2, -0.15) is 0 Å². The number of piperidine rings is 1. The molecule has 1 saturated heterocycles. The van der Waals surface area contributed by atoms with Gasteiger partial charge in [-0.15, -0.1) is 0 Å². The third kappa shape index (κ3) is 2.76. The van der Waals surface area contributed by atoms with Crippen LogP contribution in [0.1, 0.15) is 31.0 Å². The van der Waals surface area contributed by atoms with Crippen LogP contribution >= 0.6 is 0 Å². The van der Waals surface area contributed by atoms with Gasteiger partial charge in [0.25, 0.3) is 0 Å². The topological polar surface area (TPSA) is 59.8 Å². The Morgan fingerprint density at radius 2 is 2.00 bits per heavy atom. The number of ether oxygens (including phenoxy) is 2. The van der Waals surface area contributed by atoms with Gasteiger partial charge in [-0.3, -0.25) is 4.90 Å². The molecule has 3 heterocycles. The van der Waals surface area contributed by atoms with Crippen molar-refractivity contribution in [1.82, 2.24) is 14.5 Å². The molecule has 6 heteroatoms. The second-order valence-electron chi connectivity index (χ2n) is 6.55. The van der Waals surface area contributed by atoms with Gasteiger partial charge in [0.1, 0.15) is 0 Å². The van der Waals surface area contributed by atoms with Gasteiger partial charge < -0.3 is 19.1 Å². The first kappa shape index (κ1) is 15.5. The molecule has 2 aliphatic rings. The second-order valence-corrected chi connectivity index (χ2v) is 6.55. The van der Waals surface area contributed by atoms with Crippen molar-refractivity contribution < 1.29 is 14.6 Å². The van der Waals surface area contributed by atoms with Crippen LogP contribution in [0.3, 0.4) is 0 Å². The lowest BCUT2D eigenvalue weighted by Gasteiger charge is -2.38. The summed E-state index contributed by atoms with van der Waals surface area (Å²) in [6.07, 6.45) is 5.24. The highest BCUT2D eigenvalue weighted by Gasteiger charge is 2.35. The van der Waals surface area contributed by atoms with E-state index in [1.54, 1.807) is 0 Å². The Morgan fingerprint density at radius 1 is 1.21 bits per heavy atom. The predicted molar refractivity (Wildman–Crippen MR) is 88.9 cm³/mol. The molecule has 128 valence electrons. The van der Waals surface area contributed by atoms with Gasteiger partial charge in [0.05, 0.1) is 17.6 Å². The molecule has 24 heavy (non-hydrogen) atoms. The van der Waals surface area contributed by atoms with E-state index in [-0.39, 0.29) is 6.79 Å². The van der Waals surface area contributed by atoms with Gasteiger partial charge in [-0.25, -0.2) is 4.98 Å². The molecule has 2 aromatic rings. The van der Waals surface area contributed by atoms with Gasteiger partial charge in [-0.1, -0.05) is 6.07 Å². The Balaban J connectivity index is 1.43. The molecule has 0 unspecified atom stereocenters. The van der Waals surface area contributed by atoms with Crippen LogP contribution in [-0.2, 0) is 18.7 Å². The third-order valence-corrected chi connectivity index (χ3v) is 5.12. The van der Waals surface area contributed by atoms with Gasteiger partial charge >= 0.3 is 0 Å². The number of benzene rings is 1. The highest BCUT2D eigenvalue weighted by atomic mass is 16.7. The van der Waals surface area contributed by atoms with E-state index in [1.165, 1.54) is 5.69 Å². The minimum Gasteiger partial charge on any atom is -0.454 e. The summed E-state index contributed by atoms with van der Waals surface area (Å²) < 4.78 is 13.0. The highest BCUT2D eigenvalue weighted by molar-refractivity contribution is 5.46. The molecule has 0 radical (unpaired) electrons. The molecule has 0 aliphatic carbocycles. The molecule has 1 aromatic carbocycles. The van der Waals surface area contributed by atoms with Crippen LogP contribution in [0.2, 0.25) is 0 Å². The minimum atomic E-state index is -0.789. The number of imidazole rings is 1. The highest BCUT2D eigenvalue weighted by Crippen LogP contribution is 2.39. The van der Waals surface area contributed by atoms with E-state index in [2.05, 4.69) is 21.4 Å². The summed E-state index contributed by atoms with van der Waals surface area (Å²) in [5.74, 6) is 1.49. The molecule has 2 aliphatic heterocycles. The average molecular weight is 329 g/mol. The maximum absolute atomic E-state index is 11.1. The molecule has 0 amide bonds. The van der Waals surface area contributed by atoms with Gasteiger partial charge in [-0.05, 0) is 37.5 Å². The predicted octanol–water partition coefficient (Wildman–Crippen LogP) is 2.12. The number of likely N-dealkylation sites (tertiary alicyclic amines) is 1. The Kier molecular flexibility index (Phi) is 3.94. The summed E-state index contributed by atoms with van der Waals surface area (Å²) in [6.45, 7) is 5.92. The van der Waals surface area contributed by atoms with Crippen molar-refractivity contribution in [3.8, 4) is 11.5 Å². The Labute approximate surface area is 141 Å². The zero-order valence-corrected chi connectivity index (χ0v) is 13.9. The molecule has 1 fully saturated rings. The van der Waals surface area contributed by atoms with Crippen molar-refractivity contribution >= 4 is 0 Å². The lowest BCUT2D eigenvalue weighted by atomic mass is 9.84. The molecule has 0 spiro atoms. The lowest BCUT2D eigenvalue weighted by Crippen LogP contribution is -2.42. The summed E-state index contributed by atoms with van der Waals surface area (Å²) in [5.41, 5.74) is 1.36. The smallest absolute Gasteiger partial charge is 0.231 e. The normalized spacial score (nSPS) is 19.6. The zero-order chi connectivity index (χ0) is 16.6. The lowest BCUT2D eigenvalue weighted by molar-refractivity contribution is -0.0282. The van der Waals surface area contributed by atoms with Crippen molar-refractivity contribution in [1.29, 1.82) is 0 Å². The monoisotopic (exact) mass is 329 g/mol. The van der Waals surface area contributed by atoms with Gasteiger partial charge in [0.15, 0.2) is 11.5 Å². The van der Waals surface area contributed by atoms with Crippen molar-refractivity contribution in [2.45, 2.75) is 38.5 Å². The zero-order valence-electron chi connectivity index (χ0n) is 13.9. The molecule has 6 nitrogen and oxygen atoms in total. The first-order chi connectivity index (χ1) is 11.7. The number of hydrogen-bond acceptors (Lipinski definition) is 5. The molecule has 0 bridgehead atoms. The maximum atomic E-state index is 11.1. The fourth-order valence-electron chi connectivity index (χ4n) is 3.55. The first-order valence-electron chi connectivity index (χ1n) is 8.52. The average Bonchev–Trinajstić information content (AvgIpc) is 3.25. The number of aliphatic hydroxyl groups is 1. The van der Waals surface area contributed by atoms with Crippen LogP contribution in [0.15, 0.2) is 30.7 Å². The summed E-state index contributed by atoms with van der Waals surface area (Å²) in [7, 11) is 0. The summed E-state index contributed by atoms with van der Waals surface area (Å²) >= 11 is 0. The van der Waals surface area contributed by atoms with Crippen LogP contribution < -0.4 is 9.47 Å². The van der Waals surface area contributed by atoms with Crippen molar-refractivity contribution in [2.24, 2.45) is 0 Å². The van der Waals surface area contributed by atoms with E-state index < -0.39 is 5.60 Å². The summed E-state index contributed by atoms with van der Waals surface area (Å²) in [6, 6.07) is 5.77. The molecule has 4 rings (SSSR count). The molecule has 0 atom stereocenters. The van der Waals surface area contributed by atoms with E-state index in [1.807, 2.05) is 30.7 Å². The summed E-state index contributed by atoms with van der Waals surface area (Å²) in [4.78, 5) is 6.61. The number of hydrogen-bond donors (Lipinski definition) is 1. The van der Waals surface area contributed by atoms with Crippen LogP contribution in [0.4, 0.5) is 0 Å². The van der Waals surface area contributed by atoms with Crippen molar-refractivity contribution in [2.75, 3.05) is 19.9 Å². The molecule has 1 N–H and O–H groups in total. The van der Waals surface area contributed by atoms with Crippen molar-refractivity contribution in [3.05, 3.63) is 42.0 Å². The van der Waals surface area contributed by atoms with Crippen LogP contribution in [0.5, 0.6) is 11.5 Å². The minimum absolute atomic E-state index is 0.260.